The Bertz CT molecular complexity index is 131. The summed E-state index contributed by atoms with van der Waals surface area (Å²) in [5, 5.41) is 9.37. The normalized spacial score (nSPS) is 16.2. The second-order valence-electron chi connectivity index (χ2n) is 3.05. The van der Waals surface area contributed by atoms with Crippen LogP contribution in [0.2, 0.25) is 0 Å². The summed E-state index contributed by atoms with van der Waals surface area (Å²) in [6, 6.07) is 0. The molecule has 2 unspecified atom stereocenters. The lowest BCUT2D eigenvalue weighted by molar-refractivity contribution is -0.152. The van der Waals surface area contributed by atoms with Crippen LogP contribution >= 0.6 is 0 Å². The van der Waals surface area contributed by atoms with Crippen molar-refractivity contribution >= 4 is 5.97 Å². The van der Waals surface area contributed by atoms with Crippen molar-refractivity contribution in [3.63, 3.8) is 0 Å². The van der Waals surface area contributed by atoms with Gasteiger partial charge in [0.25, 0.3) is 0 Å². The van der Waals surface area contributed by atoms with Crippen molar-refractivity contribution < 1.29 is 14.6 Å². The highest BCUT2D eigenvalue weighted by molar-refractivity contribution is 5.66. The van der Waals surface area contributed by atoms with Gasteiger partial charge in [-0.25, -0.2) is 0 Å². The van der Waals surface area contributed by atoms with E-state index in [0.29, 0.717) is 0 Å². The van der Waals surface area contributed by atoms with Gasteiger partial charge < -0.3 is 9.84 Å². The van der Waals surface area contributed by atoms with E-state index in [1.54, 1.807) is 6.92 Å². The highest BCUT2D eigenvalue weighted by Gasteiger charge is 2.19. The molecule has 66 valence electrons. The molecule has 0 bridgehead atoms. The number of rotatable bonds is 3. The van der Waals surface area contributed by atoms with Gasteiger partial charge in [-0.3, -0.25) is 4.79 Å². The van der Waals surface area contributed by atoms with E-state index < -0.39 is 12.2 Å². The Labute approximate surface area is 67.4 Å². The fourth-order valence-corrected chi connectivity index (χ4v) is 0.874. The van der Waals surface area contributed by atoms with E-state index in [2.05, 4.69) is 0 Å². The lowest BCUT2D eigenvalue weighted by Crippen LogP contribution is -2.31. The number of ether oxygens (including phenoxy) is 1. The summed E-state index contributed by atoms with van der Waals surface area (Å²) in [7, 11) is 0. The second-order valence-corrected chi connectivity index (χ2v) is 3.05. The minimum atomic E-state index is -0.570. The zero-order valence-corrected chi connectivity index (χ0v) is 7.50. The average Bonchev–Trinajstić information content (AvgIpc) is 1.84. The molecule has 0 aromatic rings. The van der Waals surface area contributed by atoms with Crippen LogP contribution in [0.25, 0.3) is 0 Å². The van der Waals surface area contributed by atoms with Crippen molar-refractivity contribution in [2.75, 3.05) is 0 Å². The summed E-state index contributed by atoms with van der Waals surface area (Å²) in [4.78, 5) is 10.4. The Morgan fingerprint density at radius 1 is 1.36 bits per heavy atom. The van der Waals surface area contributed by atoms with Gasteiger partial charge in [0.2, 0.25) is 0 Å². The number of hydrogen-bond acceptors (Lipinski definition) is 3. The third kappa shape index (κ3) is 3.98. The van der Waals surface area contributed by atoms with E-state index in [-0.39, 0.29) is 11.9 Å². The van der Waals surface area contributed by atoms with Crippen molar-refractivity contribution in [1.82, 2.24) is 0 Å². The molecule has 0 heterocycles. The molecule has 0 aliphatic heterocycles. The van der Waals surface area contributed by atoms with Gasteiger partial charge in [0, 0.05) is 6.92 Å². The number of esters is 1. The fraction of sp³-hybridized carbons (Fsp3) is 0.875. The van der Waals surface area contributed by atoms with Gasteiger partial charge >= 0.3 is 5.97 Å². The molecule has 1 N–H and O–H groups in total. The van der Waals surface area contributed by atoms with Crippen LogP contribution in [-0.4, -0.2) is 23.3 Å². The number of carbonyl (C=O) groups excluding carboxylic acids is 1. The summed E-state index contributed by atoms with van der Waals surface area (Å²) >= 11 is 0. The summed E-state index contributed by atoms with van der Waals surface area (Å²) in [6.45, 7) is 6.78. The molecule has 0 rings (SSSR count). The maximum atomic E-state index is 10.4. The van der Waals surface area contributed by atoms with E-state index in [4.69, 9.17) is 4.74 Å². The quantitative estimate of drug-likeness (QED) is 0.625. The molecule has 0 fully saturated rings. The van der Waals surface area contributed by atoms with Gasteiger partial charge in [-0.2, -0.15) is 0 Å². The molecule has 0 amide bonds. The van der Waals surface area contributed by atoms with E-state index in [1.165, 1.54) is 6.92 Å². The van der Waals surface area contributed by atoms with Crippen molar-refractivity contribution in [2.45, 2.75) is 39.9 Å². The first kappa shape index (κ1) is 10.4. The average molecular weight is 160 g/mol. The van der Waals surface area contributed by atoms with Gasteiger partial charge in [0.1, 0.15) is 6.10 Å². The summed E-state index contributed by atoms with van der Waals surface area (Å²) in [5.41, 5.74) is 0. The maximum absolute atomic E-state index is 10.4. The van der Waals surface area contributed by atoms with Crippen LogP contribution in [0.4, 0.5) is 0 Å². The van der Waals surface area contributed by atoms with Crippen LogP contribution < -0.4 is 0 Å². The monoisotopic (exact) mass is 160 g/mol. The molecule has 0 aromatic carbocycles. The summed E-state index contributed by atoms with van der Waals surface area (Å²) in [5.74, 6) is -0.235. The molecule has 3 nitrogen and oxygen atoms in total. The van der Waals surface area contributed by atoms with E-state index in [1.807, 2.05) is 13.8 Å². The van der Waals surface area contributed by atoms with Gasteiger partial charge in [-0.1, -0.05) is 13.8 Å². The number of aliphatic hydroxyl groups is 1. The zero-order valence-electron chi connectivity index (χ0n) is 7.50. The lowest BCUT2D eigenvalue weighted by Gasteiger charge is -2.21. The van der Waals surface area contributed by atoms with Crippen molar-refractivity contribution in [3.05, 3.63) is 0 Å². The summed E-state index contributed by atoms with van der Waals surface area (Å²) in [6.07, 6.45) is -0.980. The Morgan fingerprint density at radius 3 is 2.09 bits per heavy atom. The molecule has 2 atom stereocenters. The highest BCUT2D eigenvalue weighted by Crippen LogP contribution is 2.08. The number of hydrogen-bond donors (Lipinski definition) is 1. The Hall–Kier alpha value is -0.570. The Balaban J connectivity index is 3.82. The predicted octanol–water partition coefficient (Wildman–Crippen LogP) is 0.955. The topological polar surface area (TPSA) is 46.5 Å². The first-order valence-electron chi connectivity index (χ1n) is 3.80. The van der Waals surface area contributed by atoms with Gasteiger partial charge in [0.05, 0.1) is 6.10 Å². The molecule has 0 saturated carbocycles. The van der Waals surface area contributed by atoms with E-state index >= 15 is 0 Å². The molecule has 0 aliphatic rings. The zero-order chi connectivity index (χ0) is 9.02. The van der Waals surface area contributed by atoms with Gasteiger partial charge in [-0.15, -0.1) is 0 Å². The fourth-order valence-electron chi connectivity index (χ4n) is 0.874. The minimum Gasteiger partial charge on any atom is -0.460 e. The molecule has 0 saturated heterocycles. The second kappa shape index (κ2) is 4.34. The van der Waals surface area contributed by atoms with Crippen LogP contribution in [-0.2, 0) is 9.53 Å². The molecule has 3 heteroatoms. The van der Waals surface area contributed by atoms with Crippen LogP contribution in [0.3, 0.4) is 0 Å². The SMILES string of the molecule is CC(=O)OC(C)C(O)C(C)C. The maximum Gasteiger partial charge on any atom is 0.302 e. The lowest BCUT2D eigenvalue weighted by atomic mass is 10.0. The standard InChI is InChI=1S/C8H16O3/c1-5(2)8(10)6(3)11-7(4)9/h5-6,8,10H,1-4H3. The Morgan fingerprint density at radius 2 is 1.82 bits per heavy atom. The number of carbonyl (C=O) groups is 1. The molecular formula is C8H16O3. The van der Waals surface area contributed by atoms with Crippen LogP contribution in [0, 0.1) is 5.92 Å². The number of aliphatic hydroxyl groups excluding tert-OH is 1. The molecule has 0 aromatic heterocycles. The van der Waals surface area contributed by atoms with Crippen molar-refractivity contribution in [1.29, 1.82) is 0 Å². The Kier molecular flexibility index (Phi) is 4.11. The molecule has 11 heavy (non-hydrogen) atoms. The molecule has 0 spiro atoms. The smallest absolute Gasteiger partial charge is 0.302 e. The highest BCUT2D eigenvalue weighted by atomic mass is 16.6. The first-order chi connectivity index (χ1) is 4.95. The van der Waals surface area contributed by atoms with Crippen LogP contribution in [0.5, 0.6) is 0 Å². The molecule has 0 radical (unpaired) electrons. The van der Waals surface area contributed by atoms with Crippen molar-refractivity contribution in [2.24, 2.45) is 5.92 Å². The molecule has 0 aliphatic carbocycles. The van der Waals surface area contributed by atoms with E-state index in [0.717, 1.165) is 0 Å². The van der Waals surface area contributed by atoms with Gasteiger partial charge in [-0.05, 0) is 12.8 Å². The minimum absolute atomic E-state index is 0.115. The largest absolute Gasteiger partial charge is 0.460 e. The van der Waals surface area contributed by atoms with Crippen LogP contribution in [0.1, 0.15) is 27.7 Å². The van der Waals surface area contributed by atoms with Crippen molar-refractivity contribution in [3.8, 4) is 0 Å². The van der Waals surface area contributed by atoms with E-state index in [9.17, 15) is 9.90 Å². The first-order valence-corrected chi connectivity index (χ1v) is 3.80. The summed E-state index contributed by atoms with van der Waals surface area (Å²) < 4.78 is 4.78. The molecular weight excluding hydrogens is 144 g/mol. The predicted molar refractivity (Wildman–Crippen MR) is 42.1 cm³/mol. The third-order valence-electron chi connectivity index (χ3n) is 1.52. The van der Waals surface area contributed by atoms with Crippen LogP contribution in [0.15, 0.2) is 0 Å². The van der Waals surface area contributed by atoms with Gasteiger partial charge in [0.15, 0.2) is 0 Å². The third-order valence-corrected chi connectivity index (χ3v) is 1.52.